The second-order valence-corrected chi connectivity index (χ2v) is 10.1. The van der Waals surface area contributed by atoms with Gasteiger partial charge in [-0.2, -0.15) is 0 Å². The van der Waals surface area contributed by atoms with E-state index in [2.05, 4.69) is 15.6 Å². The topological polar surface area (TPSA) is 337 Å². The molecular formula is C21H41N7O12. The molecule has 2 saturated heterocycles. The fourth-order valence-corrected chi connectivity index (χ4v) is 5.22. The number of aliphatic hydroxyl groups excluding tert-OH is 7. The smallest absolute Gasteiger partial charge is 0.187 e. The zero-order valence-corrected chi connectivity index (χ0v) is 21.9. The molecule has 0 aromatic rings. The van der Waals surface area contributed by atoms with E-state index in [1.807, 2.05) is 0 Å². The van der Waals surface area contributed by atoms with E-state index in [9.17, 15) is 40.9 Å². The average molecular weight is 584 g/mol. The van der Waals surface area contributed by atoms with E-state index in [0.717, 1.165) is 0 Å². The van der Waals surface area contributed by atoms with E-state index < -0.39 is 116 Å². The minimum Gasteiger partial charge on any atom is -0.394 e. The van der Waals surface area contributed by atoms with Gasteiger partial charge in [-0.15, -0.1) is 0 Å². The van der Waals surface area contributed by atoms with Crippen LogP contribution < -0.4 is 27.8 Å². The van der Waals surface area contributed by atoms with Crippen LogP contribution in [0.3, 0.4) is 0 Å². The third-order valence-electron chi connectivity index (χ3n) is 7.55. The molecule has 1 saturated carbocycles. The number of hydrogen-bond donors (Lipinski definition) is 14. The molecule has 19 nitrogen and oxygen atoms in total. The number of rotatable bonds is 9. The summed E-state index contributed by atoms with van der Waals surface area (Å²) in [5.74, 6) is -1.13. The van der Waals surface area contributed by atoms with Crippen molar-refractivity contribution < 1.29 is 59.8 Å². The largest absolute Gasteiger partial charge is 0.394 e. The summed E-state index contributed by atoms with van der Waals surface area (Å²) in [6, 6.07) is -3.94. The molecule has 19 heteroatoms. The van der Waals surface area contributed by atoms with Crippen LogP contribution in [0.25, 0.3) is 0 Å². The molecular weight excluding hydrogens is 542 g/mol. The summed E-state index contributed by atoms with van der Waals surface area (Å²) in [5.41, 5.74) is 14.1. The predicted octanol–water partition coefficient (Wildman–Crippen LogP) is -8.16. The van der Waals surface area contributed by atoms with E-state index in [0.29, 0.717) is 0 Å². The van der Waals surface area contributed by atoms with Gasteiger partial charge in [-0.3, -0.25) is 5.41 Å². The number of aliphatic hydroxyl groups is 8. The minimum absolute atomic E-state index is 0.495. The van der Waals surface area contributed by atoms with Crippen LogP contribution in [-0.2, 0) is 18.9 Å². The second kappa shape index (κ2) is 12.9. The Bertz CT molecular complexity index is 902. The maximum absolute atomic E-state index is 11.3. The van der Waals surface area contributed by atoms with Gasteiger partial charge >= 0.3 is 0 Å². The van der Waals surface area contributed by atoms with Crippen molar-refractivity contribution in [2.24, 2.45) is 22.2 Å². The summed E-state index contributed by atoms with van der Waals surface area (Å²) >= 11 is 0. The van der Waals surface area contributed by atoms with Gasteiger partial charge in [-0.1, -0.05) is 0 Å². The van der Waals surface area contributed by atoms with E-state index in [4.69, 9.17) is 41.6 Å². The highest BCUT2D eigenvalue weighted by Crippen LogP contribution is 2.38. The summed E-state index contributed by atoms with van der Waals surface area (Å²) in [6.07, 6.45) is -16.9. The van der Waals surface area contributed by atoms with Crippen LogP contribution in [0.15, 0.2) is 4.99 Å². The Morgan fingerprint density at radius 2 is 1.57 bits per heavy atom. The lowest BCUT2D eigenvalue weighted by atomic mass is 9.81. The van der Waals surface area contributed by atoms with Crippen LogP contribution in [-0.4, -0.2) is 164 Å². The fraction of sp³-hybridized carbons (Fsp3) is 0.905. The lowest BCUT2D eigenvalue weighted by Crippen LogP contribution is -2.70. The van der Waals surface area contributed by atoms with Crippen molar-refractivity contribution in [1.82, 2.24) is 10.6 Å². The Hall–Kier alpha value is -1.98. The molecule has 2 aliphatic heterocycles. The Labute approximate surface area is 229 Å². The highest BCUT2D eigenvalue weighted by atomic mass is 16.8. The highest BCUT2D eigenvalue weighted by molar-refractivity contribution is 5.76. The summed E-state index contributed by atoms with van der Waals surface area (Å²) in [6.45, 7) is -0.205. The molecule has 3 aliphatic rings. The van der Waals surface area contributed by atoms with Gasteiger partial charge in [0, 0.05) is 0 Å². The number of likely N-dealkylation sites (N-methyl/N-ethyl adjacent to an activating group) is 1. The van der Waals surface area contributed by atoms with E-state index in [1.165, 1.54) is 14.0 Å². The van der Waals surface area contributed by atoms with Gasteiger partial charge in [0.25, 0.3) is 0 Å². The minimum atomic E-state index is -2.15. The molecule has 17 N–H and O–H groups in total. The first-order valence-corrected chi connectivity index (χ1v) is 12.5. The van der Waals surface area contributed by atoms with Gasteiger partial charge < -0.3 is 87.6 Å². The van der Waals surface area contributed by atoms with Crippen molar-refractivity contribution in [1.29, 1.82) is 5.41 Å². The van der Waals surface area contributed by atoms with Gasteiger partial charge in [-0.05, 0) is 14.0 Å². The fourth-order valence-electron chi connectivity index (χ4n) is 5.22. The Kier molecular flexibility index (Phi) is 10.5. The van der Waals surface area contributed by atoms with Crippen LogP contribution in [0.2, 0.25) is 0 Å². The van der Waals surface area contributed by atoms with Gasteiger partial charge in [0.2, 0.25) is 0 Å². The van der Waals surface area contributed by atoms with E-state index in [1.54, 1.807) is 0 Å². The molecule has 0 aromatic heterocycles. The number of hydrogen-bond acceptors (Lipinski definition) is 15. The first kappa shape index (κ1) is 32.5. The van der Waals surface area contributed by atoms with Gasteiger partial charge in [0.1, 0.15) is 60.5 Å². The quantitative estimate of drug-likeness (QED) is 0.0884. The van der Waals surface area contributed by atoms with Crippen LogP contribution in [0.1, 0.15) is 6.92 Å². The molecule has 0 unspecified atom stereocenters. The van der Waals surface area contributed by atoms with Gasteiger partial charge in [0.05, 0.1) is 31.4 Å². The molecule has 15 atom stereocenters. The lowest BCUT2D eigenvalue weighted by molar-refractivity contribution is -0.318. The first-order chi connectivity index (χ1) is 18.7. The normalized spacial score (nSPS) is 47.5. The number of nitrogens with one attached hydrogen (secondary N) is 3. The molecule has 0 radical (unpaired) electrons. The van der Waals surface area contributed by atoms with E-state index in [-0.39, 0.29) is 0 Å². The van der Waals surface area contributed by atoms with Crippen molar-refractivity contribution in [2.45, 2.75) is 98.2 Å². The third kappa shape index (κ3) is 6.11. The maximum atomic E-state index is 11.3. The summed E-state index contributed by atoms with van der Waals surface area (Å²) in [4.78, 5) is 3.75. The third-order valence-corrected chi connectivity index (χ3v) is 7.55. The molecule has 3 rings (SSSR count). The van der Waals surface area contributed by atoms with Crippen molar-refractivity contribution >= 4 is 11.9 Å². The Balaban J connectivity index is 1.94. The Morgan fingerprint density at radius 1 is 0.925 bits per heavy atom. The van der Waals surface area contributed by atoms with Gasteiger partial charge in [-0.25, -0.2) is 4.99 Å². The number of ether oxygens (including phenoxy) is 4. The van der Waals surface area contributed by atoms with Crippen LogP contribution in [0, 0.1) is 5.41 Å². The van der Waals surface area contributed by atoms with E-state index >= 15 is 0 Å². The number of aliphatic imine (C=N–C) groups is 1. The highest BCUT2D eigenvalue weighted by Gasteiger charge is 2.60. The number of nitrogens with two attached hydrogens (primary N) is 3. The van der Waals surface area contributed by atoms with Gasteiger partial charge in [0.15, 0.2) is 24.5 Å². The van der Waals surface area contributed by atoms with Crippen molar-refractivity contribution in [3.05, 3.63) is 0 Å². The van der Waals surface area contributed by atoms with Crippen molar-refractivity contribution in [2.75, 3.05) is 20.3 Å². The number of guanidine groups is 2. The Morgan fingerprint density at radius 3 is 2.10 bits per heavy atom. The average Bonchev–Trinajstić information content (AvgIpc) is 3.13. The second-order valence-electron chi connectivity index (χ2n) is 10.1. The molecule has 0 spiro atoms. The molecule has 3 fully saturated rings. The monoisotopic (exact) mass is 583 g/mol. The standard InChI is InChI=1S/C21H41N7O12/c1-5-21(36,4-30)16(40-17-9(26-2)13(34)10(31)6(3-29)38-17)18(37-5)39-15-8(28-20(24)25)11(32)7(27-19(22)23)12(33)14(15)35/h5-18,26,29-36H,3-4H2,1-2H3,(H4,22,23,27)(H4,24,25,28)/t5-,6-,7+,8-,9+,10-,11-,12-,13+,14-,15-,16+,17-,18-,21-/m0/s1. The zero-order chi connectivity index (χ0) is 30.1. The molecule has 232 valence electrons. The molecule has 40 heavy (non-hydrogen) atoms. The number of nitrogens with zero attached hydrogens (tertiary/aromatic N) is 1. The van der Waals surface area contributed by atoms with Crippen LogP contribution in [0.5, 0.6) is 0 Å². The first-order valence-electron chi connectivity index (χ1n) is 12.5. The summed E-state index contributed by atoms with van der Waals surface area (Å²) in [5, 5.41) is 97.0. The van der Waals surface area contributed by atoms with Crippen LogP contribution >= 0.6 is 0 Å². The van der Waals surface area contributed by atoms with Crippen molar-refractivity contribution in [3.8, 4) is 0 Å². The molecule has 0 aromatic carbocycles. The lowest BCUT2D eigenvalue weighted by Gasteiger charge is -2.46. The predicted molar refractivity (Wildman–Crippen MR) is 133 cm³/mol. The summed E-state index contributed by atoms with van der Waals surface area (Å²) in [7, 11) is 1.44. The molecule has 2 heterocycles. The van der Waals surface area contributed by atoms with Crippen molar-refractivity contribution in [3.63, 3.8) is 0 Å². The molecule has 1 aliphatic carbocycles. The zero-order valence-electron chi connectivity index (χ0n) is 21.9. The maximum Gasteiger partial charge on any atom is 0.187 e. The molecule has 0 amide bonds. The van der Waals surface area contributed by atoms with Crippen LogP contribution in [0.4, 0.5) is 0 Å². The summed E-state index contributed by atoms with van der Waals surface area (Å²) < 4.78 is 23.2. The SMILES string of the molecule is CN[C@H]1[C@H](O[C@@H]2[C@H](O[C@@H]3[C@@H](O)[C@@H](O)[C@H](N=C(N)N)[C@H](O)[C@@H]3NC(=N)N)O[C@@H](C)[C@@]2(O)CO)O[C@@H](CO)[C@H](O)[C@@H]1O. The molecule has 0 bridgehead atoms.